The number of nitrogens with zero attached hydrogens (tertiary/aromatic N) is 2. The Morgan fingerprint density at radius 2 is 2.04 bits per heavy atom. The highest BCUT2D eigenvalue weighted by atomic mass is 35.5. The maximum Gasteiger partial charge on any atom is 0.241 e. The zero-order valence-electron chi connectivity index (χ0n) is 14.7. The molecule has 0 saturated carbocycles. The van der Waals surface area contributed by atoms with Gasteiger partial charge in [0.2, 0.25) is 5.91 Å². The van der Waals surface area contributed by atoms with Crippen molar-refractivity contribution in [2.75, 3.05) is 18.0 Å². The molecule has 25 heavy (non-hydrogen) atoms. The first-order valence-electron chi connectivity index (χ1n) is 8.34. The highest BCUT2D eigenvalue weighted by Crippen LogP contribution is 2.24. The van der Waals surface area contributed by atoms with E-state index in [9.17, 15) is 9.59 Å². The van der Waals surface area contributed by atoms with Gasteiger partial charge in [-0.1, -0.05) is 17.7 Å². The Morgan fingerprint density at radius 1 is 1.28 bits per heavy atom. The molecule has 2 heterocycles. The number of anilines is 1. The largest absolute Gasteiger partial charge is 0.363 e. The second-order valence-electron chi connectivity index (χ2n) is 6.64. The molecule has 1 aromatic heterocycles. The number of carbonyl (C=O) groups excluding carboxylic acids is 1. The molecule has 0 aliphatic carbocycles. The van der Waals surface area contributed by atoms with Gasteiger partial charge in [0.25, 0.3) is 0 Å². The van der Waals surface area contributed by atoms with Gasteiger partial charge in [0, 0.05) is 52.9 Å². The van der Waals surface area contributed by atoms with Crippen LogP contribution in [0.25, 0.3) is 0 Å². The molecule has 6 heteroatoms. The van der Waals surface area contributed by atoms with Crippen molar-refractivity contribution in [1.29, 1.82) is 0 Å². The first kappa shape index (κ1) is 17.7. The Labute approximate surface area is 152 Å². The zero-order chi connectivity index (χ0) is 18.1. The van der Waals surface area contributed by atoms with Gasteiger partial charge in [-0.05, 0) is 39.0 Å². The van der Waals surface area contributed by atoms with Crippen LogP contribution < -0.4 is 10.3 Å². The van der Waals surface area contributed by atoms with E-state index in [2.05, 4.69) is 16.8 Å². The minimum Gasteiger partial charge on any atom is -0.363 e. The topological polar surface area (TPSA) is 56.4 Å². The number of carbonyl (C=O) groups is 1. The van der Waals surface area contributed by atoms with E-state index < -0.39 is 0 Å². The van der Waals surface area contributed by atoms with Crippen LogP contribution in [0.1, 0.15) is 23.7 Å². The van der Waals surface area contributed by atoms with Crippen molar-refractivity contribution in [3.8, 4) is 0 Å². The van der Waals surface area contributed by atoms with Gasteiger partial charge < -0.3 is 9.88 Å². The number of aromatic amines is 1. The smallest absolute Gasteiger partial charge is 0.241 e. The summed E-state index contributed by atoms with van der Waals surface area (Å²) in [6.45, 7) is 7.17. The van der Waals surface area contributed by atoms with Crippen molar-refractivity contribution < 1.29 is 4.79 Å². The van der Waals surface area contributed by atoms with E-state index in [4.69, 9.17) is 11.6 Å². The van der Waals surface area contributed by atoms with Crippen LogP contribution >= 0.6 is 11.6 Å². The van der Waals surface area contributed by atoms with Gasteiger partial charge in [-0.2, -0.15) is 0 Å². The Hall–Kier alpha value is -2.11. The van der Waals surface area contributed by atoms with E-state index in [1.165, 1.54) is 0 Å². The van der Waals surface area contributed by atoms with Crippen LogP contribution in [0.5, 0.6) is 0 Å². The number of pyridine rings is 1. The molecule has 1 aromatic carbocycles. The molecule has 5 nitrogen and oxygen atoms in total. The van der Waals surface area contributed by atoms with Crippen LogP contribution in [0.3, 0.4) is 0 Å². The summed E-state index contributed by atoms with van der Waals surface area (Å²) in [7, 11) is 0. The maximum absolute atomic E-state index is 12.6. The number of hydrogen-bond donors (Lipinski definition) is 1. The van der Waals surface area contributed by atoms with Crippen LogP contribution in [0, 0.1) is 13.8 Å². The molecule has 0 bridgehead atoms. The molecule has 132 valence electrons. The molecule has 0 radical (unpaired) electrons. The molecule has 1 aliphatic rings. The van der Waals surface area contributed by atoms with Crippen molar-refractivity contribution in [1.82, 2.24) is 9.88 Å². The van der Waals surface area contributed by atoms with Crippen LogP contribution in [-0.2, 0) is 11.3 Å². The Balaban J connectivity index is 1.78. The number of piperazine rings is 1. The lowest BCUT2D eigenvalue weighted by atomic mass is 10.1. The zero-order valence-corrected chi connectivity index (χ0v) is 15.4. The highest BCUT2D eigenvalue weighted by Gasteiger charge is 2.30. The van der Waals surface area contributed by atoms with Crippen molar-refractivity contribution in [3.05, 3.63) is 62.5 Å². The number of nitrogens with one attached hydrogen (secondary N) is 1. The van der Waals surface area contributed by atoms with Gasteiger partial charge in [-0.25, -0.2) is 0 Å². The second kappa shape index (κ2) is 7.02. The summed E-state index contributed by atoms with van der Waals surface area (Å²) in [5, 5.41) is 0.619. The normalized spacial score (nSPS) is 18.6. The third-order valence-electron chi connectivity index (χ3n) is 4.80. The average molecular weight is 360 g/mol. The lowest BCUT2D eigenvalue weighted by Gasteiger charge is -2.39. The number of hydrogen-bond acceptors (Lipinski definition) is 3. The molecule has 1 fully saturated rings. The first-order valence-corrected chi connectivity index (χ1v) is 8.72. The number of halogens is 1. The number of aryl methyl sites for hydroxylation is 1. The average Bonchev–Trinajstić information content (AvgIpc) is 2.58. The van der Waals surface area contributed by atoms with Crippen LogP contribution in [0.15, 0.2) is 35.3 Å². The fourth-order valence-electron chi connectivity index (χ4n) is 3.17. The Bertz CT molecular complexity index is 862. The Kier molecular flexibility index (Phi) is 4.97. The molecule has 1 atom stereocenters. The maximum atomic E-state index is 12.6. The fourth-order valence-corrected chi connectivity index (χ4v) is 3.36. The highest BCUT2D eigenvalue weighted by molar-refractivity contribution is 6.30. The molecule has 1 saturated heterocycles. The summed E-state index contributed by atoms with van der Waals surface area (Å²) in [6.07, 6.45) is 1.74. The third-order valence-corrected chi connectivity index (χ3v) is 5.04. The SMILES string of the molecule is Cc1c[nH]c(CN2CC(=O)N(c3cccc(Cl)c3)C[C@H]2C)c(C)c1=O. The van der Waals surface area contributed by atoms with Gasteiger partial charge in [0.1, 0.15) is 0 Å². The van der Waals surface area contributed by atoms with E-state index >= 15 is 0 Å². The van der Waals surface area contributed by atoms with Crippen LogP contribution in [-0.4, -0.2) is 34.9 Å². The summed E-state index contributed by atoms with van der Waals surface area (Å²) in [6, 6.07) is 7.52. The summed E-state index contributed by atoms with van der Waals surface area (Å²) in [5.74, 6) is 0.0347. The fraction of sp³-hybridized carbons (Fsp3) is 0.368. The summed E-state index contributed by atoms with van der Waals surface area (Å²) in [4.78, 5) is 31.8. The van der Waals surface area contributed by atoms with Crippen molar-refractivity contribution in [2.45, 2.75) is 33.4 Å². The van der Waals surface area contributed by atoms with E-state index in [0.29, 0.717) is 30.2 Å². The summed E-state index contributed by atoms with van der Waals surface area (Å²) in [5.41, 5.74) is 3.17. The molecule has 0 unspecified atom stereocenters. The first-order chi connectivity index (χ1) is 11.9. The minimum absolute atomic E-state index is 0.0347. The van der Waals surface area contributed by atoms with Crippen molar-refractivity contribution in [3.63, 3.8) is 0 Å². The van der Waals surface area contributed by atoms with E-state index in [1.807, 2.05) is 25.1 Å². The predicted molar refractivity (Wildman–Crippen MR) is 100 cm³/mol. The number of H-pyrrole nitrogens is 1. The van der Waals surface area contributed by atoms with E-state index in [0.717, 1.165) is 16.9 Å². The van der Waals surface area contributed by atoms with Gasteiger partial charge in [-0.15, -0.1) is 0 Å². The van der Waals surface area contributed by atoms with Crippen LogP contribution in [0.4, 0.5) is 5.69 Å². The number of aromatic nitrogens is 1. The summed E-state index contributed by atoms with van der Waals surface area (Å²) < 4.78 is 0. The van der Waals surface area contributed by atoms with Gasteiger partial charge in [0.15, 0.2) is 5.43 Å². The molecule has 3 rings (SSSR count). The van der Waals surface area contributed by atoms with Crippen molar-refractivity contribution in [2.24, 2.45) is 0 Å². The van der Waals surface area contributed by atoms with E-state index in [1.54, 1.807) is 24.1 Å². The molecular weight excluding hydrogens is 338 g/mol. The van der Waals surface area contributed by atoms with Gasteiger partial charge in [0.05, 0.1) is 6.54 Å². The lowest BCUT2D eigenvalue weighted by Crippen LogP contribution is -2.55. The molecule has 2 aromatic rings. The standard InChI is InChI=1S/C19H22ClN3O2/c1-12-8-21-17(14(3)19(12)25)10-22-11-18(24)23(9-13(22)2)16-6-4-5-15(20)7-16/h4-8,13H,9-11H2,1-3H3,(H,21,25)/t13-/m1/s1. The number of rotatable bonds is 3. The van der Waals surface area contributed by atoms with Crippen LogP contribution in [0.2, 0.25) is 5.02 Å². The number of amides is 1. The minimum atomic E-state index is 0.0347. The van der Waals surface area contributed by atoms with Crippen molar-refractivity contribution >= 4 is 23.2 Å². The molecule has 1 amide bonds. The monoisotopic (exact) mass is 359 g/mol. The quantitative estimate of drug-likeness (QED) is 0.916. The predicted octanol–water partition coefficient (Wildman–Crippen LogP) is 2.88. The molecule has 0 spiro atoms. The molecular formula is C19H22ClN3O2. The van der Waals surface area contributed by atoms with Gasteiger partial charge in [-0.3, -0.25) is 14.5 Å². The lowest BCUT2D eigenvalue weighted by molar-refractivity contribution is -0.122. The summed E-state index contributed by atoms with van der Waals surface area (Å²) >= 11 is 6.05. The second-order valence-corrected chi connectivity index (χ2v) is 7.08. The molecule has 1 N–H and O–H groups in total. The number of benzene rings is 1. The van der Waals surface area contributed by atoms with E-state index in [-0.39, 0.29) is 17.4 Å². The molecule has 1 aliphatic heterocycles. The third kappa shape index (κ3) is 3.62. The van der Waals surface area contributed by atoms with Gasteiger partial charge >= 0.3 is 0 Å². The Morgan fingerprint density at radius 3 is 2.76 bits per heavy atom.